The summed E-state index contributed by atoms with van der Waals surface area (Å²) in [5.41, 5.74) is 0.456. The van der Waals surface area contributed by atoms with Gasteiger partial charge in [0.2, 0.25) is 0 Å². The fourth-order valence-corrected chi connectivity index (χ4v) is 3.00. The molecule has 0 unspecified atom stereocenters. The number of rotatable bonds is 5. The van der Waals surface area contributed by atoms with Gasteiger partial charge in [-0.2, -0.15) is 0 Å². The van der Waals surface area contributed by atoms with Crippen LogP contribution in [0.2, 0.25) is 0 Å². The third kappa shape index (κ3) is 4.85. The van der Waals surface area contributed by atoms with E-state index in [4.69, 9.17) is 9.47 Å². The fraction of sp³-hybridized carbons (Fsp3) is 0.684. The van der Waals surface area contributed by atoms with Crippen LogP contribution in [0, 0.1) is 5.41 Å². The number of benzene rings is 1. The van der Waals surface area contributed by atoms with E-state index in [9.17, 15) is 5.11 Å². The zero-order valence-corrected chi connectivity index (χ0v) is 15.2. The highest BCUT2D eigenvalue weighted by Gasteiger charge is 2.34. The fourth-order valence-electron chi connectivity index (χ4n) is 3.00. The van der Waals surface area contributed by atoms with E-state index in [1.165, 1.54) is 6.42 Å². The third-order valence-corrected chi connectivity index (χ3v) is 4.75. The highest BCUT2D eigenvalue weighted by molar-refractivity contribution is 5.41. The summed E-state index contributed by atoms with van der Waals surface area (Å²) in [6, 6.07) is 5.69. The van der Waals surface area contributed by atoms with Gasteiger partial charge in [0.25, 0.3) is 0 Å². The maximum atomic E-state index is 11.1. The first-order valence-corrected chi connectivity index (χ1v) is 8.44. The minimum Gasteiger partial charge on any atom is -0.497 e. The summed E-state index contributed by atoms with van der Waals surface area (Å²) >= 11 is 0. The van der Waals surface area contributed by atoms with Gasteiger partial charge in [0, 0.05) is 19.2 Å². The molecule has 1 aliphatic rings. The number of methoxy groups -OCH3 is 2. The molecule has 2 rings (SSSR count). The standard InChI is InChI=1S/C19H31NO3/c1-18(2,3)6-9-20-10-7-19(21,8-11-20)15-12-16(22-4)14-17(13-15)23-5/h12-14,21H,6-11H2,1-5H3. The molecular formula is C19H31NO3. The number of ether oxygens (including phenoxy) is 2. The summed E-state index contributed by atoms with van der Waals surface area (Å²) in [5.74, 6) is 1.45. The number of hydrogen-bond donors (Lipinski definition) is 1. The van der Waals surface area contributed by atoms with Gasteiger partial charge in [-0.3, -0.25) is 0 Å². The lowest BCUT2D eigenvalue weighted by atomic mass is 9.83. The second-order valence-corrected chi connectivity index (χ2v) is 7.79. The molecule has 1 aromatic carbocycles. The first-order valence-electron chi connectivity index (χ1n) is 8.44. The Bertz CT molecular complexity index is 492. The van der Waals surface area contributed by atoms with E-state index in [0.29, 0.717) is 5.41 Å². The van der Waals surface area contributed by atoms with Crippen LogP contribution in [0.3, 0.4) is 0 Å². The van der Waals surface area contributed by atoms with E-state index in [1.807, 2.05) is 18.2 Å². The number of nitrogens with zero attached hydrogens (tertiary/aromatic N) is 1. The van der Waals surface area contributed by atoms with E-state index in [0.717, 1.165) is 49.5 Å². The zero-order chi connectivity index (χ0) is 17.1. The molecule has 4 heteroatoms. The second-order valence-electron chi connectivity index (χ2n) is 7.79. The van der Waals surface area contributed by atoms with Crippen molar-refractivity contribution in [3.63, 3.8) is 0 Å². The van der Waals surface area contributed by atoms with Gasteiger partial charge in [-0.25, -0.2) is 0 Å². The van der Waals surface area contributed by atoms with Crippen molar-refractivity contribution in [2.24, 2.45) is 5.41 Å². The van der Waals surface area contributed by atoms with Crippen molar-refractivity contribution in [2.45, 2.75) is 45.6 Å². The molecule has 1 N–H and O–H groups in total. The summed E-state index contributed by atoms with van der Waals surface area (Å²) in [6.07, 6.45) is 2.67. The van der Waals surface area contributed by atoms with Gasteiger partial charge in [-0.1, -0.05) is 20.8 Å². The predicted octanol–water partition coefficient (Wildman–Crippen LogP) is 3.42. The van der Waals surface area contributed by atoms with Crippen LogP contribution in [-0.2, 0) is 5.60 Å². The van der Waals surface area contributed by atoms with Gasteiger partial charge < -0.3 is 19.5 Å². The number of piperidine rings is 1. The Kier molecular flexibility index (Phi) is 5.58. The van der Waals surface area contributed by atoms with Crippen LogP contribution in [0.15, 0.2) is 18.2 Å². The molecule has 4 nitrogen and oxygen atoms in total. The molecule has 1 fully saturated rings. The topological polar surface area (TPSA) is 41.9 Å². The summed E-state index contributed by atoms with van der Waals surface area (Å²) in [7, 11) is 3.27. The minimum atomic E-state index is -0.792. The van der Waals surface area contributed by atoms with E-state index >= 15 is 0 Å². The SMILES string of the molecule is COc1cc(OC)cc(C2(O)CCN(CCC(C)(C)C)CC2)c1. The lowest BCUT2D eigenvalue weighted by Crippen LogP contribution is -2.43. The summed E-state index contributed by atoms with van der Waals surface area (Å²) < 4.78 is 10.7. The van der Waals surface area contributed by atoms with Crippen LogP contribution >= 0.6 is 0 Å². The number of likely N-dealkylation sites (tertiary alicyclic amines) is 1. The van der Waals surface area contributed by atoms with Gasteiger partial charge in [-0.15, -0.1) is 0 Å². The maximum Gasteiger partial charge on any atom is 0.122 e. The Labute approximate surface area is 140 Å². The van der Waals surface area contributed by atoms with Crippen molar-refractivity contribution in [1.29, 1.82) is 0 Å². The van der Waals surface area contributed by atoms with Crippen LogP contribution in [0.25, 0.3) is 0 Å². The molecule has 0 aliphatic carbocycles. The number of hydrogen-bond acceptors (Lipinski definition) is 4. The van der Waals surface area contributed by atoms with Crippen LogP contribution in [0.5, 0.6) is 11.5 Å². The second kappa shape index (κ2) is 7.10. The average molecular weight is 321 g/mol. The number of aliphatic hydroxyl groups is 1. The van der Waals surface area contributed by atoms with Gasteiger partial charge in [-0.05, 0) is 48.9 Å². The molecule has 1 saturated heterocycles. The predicted molar refractivity (Wildman–Crippen MR) is 93.2 cm³/mol. The van der Waals surface area contributed by atoms with E-state index in [2.05, 4.69) is 25.7 Å². The Morgan fingerprint density at radius 2 is 1.57 bits per heavy atom. The van der Waals surface area contributed by atoms with Crippen LogP contribution < -0.4 is 9.47 Å². The summed E-state index contributed by atoms with van der Waals surface area (Å²) in [4.78, 5) is 2.46. The van der Waals surface area contributed by atoms with Crippen molar-refractivity contribution < 1.29 is 14.6 Å². The lowest BCUT2D eigenvalue weighted by molar-refractivity contribution is -0.0276. The monoisotopic (exact) mass is 321 g/mol. The van der Waals surface area contributed by atoms with Crippen molar-refractivity contribution in [3.8, 4) is 11.5 Å². The summed E-state index contributed by atoms with van der Waals surface area (Å²) in [5, 5.41) is 11.1. The Morgan fingerprint density at radius 3 is 2.00 bits per heavy atom. The molecule has 130 valence electrons. The molecule has 0 radical (unpaired) electrons. The van der Waals surface area contributed by atoms with Crippen molar-refractivity contribution in [3.05, 3.63) is 23.8 Å². The van der Waals surface area contributed by atoms with Gasteiger partial charge in [0.15, 0.2) is 0 Å². The van der Waals surface area contributed by atoms with Gasteiger partial charge >= 0.3 is 0 Å². The van der Waals surface area contributed by atoms with Crippen LogP contribution in [0.1, 0.15) is 45.6 Å². The van der Waals surface area contributed by atoms with Crippen LogP contribution in [-0.4, -0.2) is 43.9 Å². The van der Waals surface area contributed by atoms with Gasteiger partial charge in [0.05, 0.1) is 19.8 Å². The largest absolute Gasteiger partial charge is 0.497 e. The quantitative estimate of drug-likeness (QED) is 0.902. The minimum absolute atomic E-state index is 0.355. The highest BCUT2D eigenvalue weighted by atomic mass is 16.5. The molecule has 0 amide bonds. The molecular weight excluding hydrogens is 290 g/mol. The van der Waals surface area contributed by atoms with Gasteiger partial charge in [0.1, 0.15) is 11.5 Å². The maximum absolute atomic E-state index is 11.1. The molecule has 0 atom stereocenters. The zero-order valence-electron chi connectivity index (χ0n) is 15.2. The molecule has 1 aromatic rings. The molecule has 0 spiro atoms. The third-order valence-electron chi connectivity index (χ3n) is 4.75. The molecule has 0 bridgehead atoms. The highest BCUT2D eigenvalue weighted by Crippen LogP contribution is 2.37. The Hall–Kier alpha value is -1.26. The van der Waals surface area contributed by atoms with Crippen molar-refractivity contribution in [1.82, 2.24) is 4.90 Å². The molecule has 23 heavy (non-hydrogen) atoms. The normalized spacial score (nSPS) is 18.7. The lowest BCUT2D eigenvalue weighted by Gasteiger charge is -2.39. The first-order chi connectivity index (χ1) is 10.8. The molecule has 0 aromatic heterocycles. The smallest absolute Gasteiger partial charge is 0.122 e. The average Bonchev–Trinajstić information content (AvgIpc) is 2.53. The first kappa shape index (κ1) is 18.1. The van der Waals surface area contributed by atoms with E-state index in [-0.39, 0.29) is 0 Å². The van der Waals surface area contributed by atoms with Crippen molar-refractivity contribution >= 4 is 0 Å². The Morgan fingerprint density at radius 1 is 1.04 bits per heavy atom. The molecule has 1 aliphatic heterocycles. The Balaban J connectivity index is 2.04. The van der Waals surface area contributed by atoms with Crippen molar-refractivity contribution in [2.75, 3.05) is 33.9 Å². The summed E-state index contributed by atoms with van der Waals surface area (Å²) in [6.45, 7) is 9.76. The molecule has 1 heterocycles. The molecule has 0 saturated carbocycles. The van der Waals surface area contributed by atoms with Crippen LogP contribution in [0.4, 0.5) is 0 Å². The van der Waals surface area contributed by atoms with E-state index in [1.54, 1.807) is 14.2 Å². The van der Waals surface area contributed by atoms with E-state index < -0.39 is 5.60 Å².